The van der Waals surface area contributed by atoms with Crippen LogP contribution in [0.1, 0.15) is 20.4 Å². The average Bonchev–Trinajstić information content (AvgIpc) is 2.87. The van der Waals surface area contributed by atoms with Crippen molar-refractivity contribution in [2.45, 2.75) is 13.8 Å². The van der Waals surface area contributed by atoms with E-state index >= 15 is 0 Å². The first-order valence-corrected chi connectivity index (χ1v) is 7.86. The maximum atomic E-state index is 12.4. The van der Waals surface area contributed by atoms with Gasteiger partial charge in [0.25, 0.3) is 5.91 Å². The van der Waals surface area contributed by atoms with Gasteiger partial charge in [-0.2, -0.15) is 0 Å². The molecule has 1 saturated heterocycles. The normalized spacial score (nSPS) is 15.3. The number of thiazole rings is 1. The van der Waals surface area contributed by atoms with E-state index in [0.29, 0.717) is 18.1 Å². The Balaban J connectivity index is 1.64. The standard InChI is InChI=1S/C15H18N4OS/c1-11-12(2)21-14(17-11)15(20)19-9-7-18(8-10-19)13-5-3-4-6-16-13/h3-6H,7-10H2,1-2H3. The Kier molecular flexibility index (Phi) is 3.88. The third kappa shape index (κ3) is 2.90. The van der Waals surface area contributed by atoms with Crippen molar-refractivity contribution in [1.29, 1.82) is 0 Å². The molecule has 1 aliphatic rings. The monoisotopic (exact) mass is 302 g/mol. The molecule has 0 atom stereocenters. The molecular formula is C15H18N4OS. The molecule has 3 rings (SSSR count). The summed E-state index contributed by atoms with van der Waals surface area (Å²) in [7, 11) is 0. The summed E-state index contributed by atoms with van der Waals surface area (Å²) in [5.41, 5.74) is 0.954. The van der Waals surface area contributed by atoms with E-state index in [0.717, 1.165) is 29.5 Å². The number of aryl methyl sites for hydroxylation is 2. The molecule has 21 heavy (non-hydrogen) atoms. The first-order chi connectivity index (χ1) is 10.1. The zero-order chi connectivity index (χ0) is 14.8. The Labute approximate surface area is 128 Å². The van der Waals surface area contributed by atoms with E-state index in [1.54, 1.807) is 6.20 Å². The van der Waals surface area contributed by atoms with Crippen LogP contribution >= 0.6 is 11.3 Å². The van der Waals surface area contributed by atoms with E-state index in [2.05, 4.69) is 14.9 Å². The fraction of sp³-hybridized carbons (Fsp3) is 0.400. The van der Waals surface area contributed by atoms with E-state index in [1.807, 2.05) is 36.9 Å². The lowest BCUT2D eigenvalue weighted by Crippen LogP contribution is -2.49. The molecule has 1 aliphatic heterocycles. The number of hydrogen-bond acceptors (Lipinski definition) is 5. The summed E-state index contributed by atoms with van der Waals surface area (Å²) in [6.45, 7) is 7.00. The van der Waals surface area contributed by atoms with Crippen LogP contribution in [0.5, 0.6) is 0 Å². The van der Waals surface area contributed by atoms with Crippen molar-refractivity contribution >= 4 is 23.1 Å². The van der Waals surface area contributed by atoms with Gasteiger partial charge in [-0.15, -0.1) is 11.3 Å². The number of carbonyl (C=O) groups excluding carboxylic acids is 1. The molecule has 0 bridgehead atoms. The lowest BCUT2D eigenvalue weighted by atomic mass is 10.3. The number of amides is 1. The van der Waals surface area contributed by atoms with Crippen LogP contribution in [0.15, 0.2) is 24.4 Å². The predicted octanol–water partition coefficient (Wildman–Crippen LogP) is 2.12. The molecule has 0 spiro atoms. The molecule has 1 fully saturated rings. The van der Waals surface area contributed by atoms with Crippen LogP contribution in [0, 0.1) is 13.8 Å². The van der Waals surface area contributed by atoms with Crippen molar-refractivity contribution in [3.05, 3.63) is 40.0 Å². The first kappa shape index (κ1) is 14.0. The molecular weight excluding hydrogens is 284 g/mol. The second-order valence-corrected chi connectivity index (χ2v) is 6.33. The zero-order valence-electron chi connectivity index (χ0n) is 12.2. The molecule has 2 aromatic heterocycles. The van der Waals surface area contributed by atoms with Crippen LogP contribution in [0.3, 0.4) is 0 Å². The van der Waals surface area contributed by atoms with Crippen LogP contribution in [0.2, 0.25) is 0 Å². The van der Waals surface area contributed by atoms with Crippen molar-refractivity contribution in [3.63, 3.8) is 0 Å². The SMILES string of the molecule is Cc1nc(C(=O)N2CCN(c3ccccn3)CC2)sc1C. The second kappa shape index (κ2) is 5.81. The molecule has 2 aromatic rings. The predicted molar refractivity (Wildman–Crippen MR) is 83.9 cm³/mol. The summed E-state index contributed by atoms with van der Waals surface area (Å²) in [5, 5.41) is 0.608. The van der Waals surface area contributed by atoms with E-state index in [4.69, 9.17) is 0 Å². The number of aromatic nitrogens is 2. The van der Waals surface area contributed by atoms with Gasteiger partial charge in [0.2, 0.25) is 0 Å². The fourth-order valence-electron chi connectivity index (χ4n) is 2.38. The van der Waals surface area contributed by atoms with E-state index in [-0.39, 0.29) is 5.91 Å². The van der Waals surface area contributed by atoms with Gasteiger partial charge in [0, 0.05) is 37.3 Å². The molecule has 5 nitrogen and oxygen atoms in total. The Morgan fingerprint density at radius 1 is 1.19 bits per heavy atom. The second-order valence-electron chi connectivity index (χ2n) is 5.13. The Morgan fingerprint density at radius 2 is 1.95 bits per heavy atom. The Hall–Kier alpha value is -1.95. The van der Waals surface area contributed by atoms with E-state index in [9.17, 15) is 4.79 Å². The van der Waals surface area contributed by atoms with Gasteiger partial charge in [0.15, 0.2) is 5.01 Å². The lowest BCUT2D eigenvalue weighted by Gasteiger charge is -2.35. The molecule has 0 aromatic carbocycles. The summed E-state index contributed by atoms with van der Waals surface area (Å²) >= 11 is 1.49. The van der Waals surface area contributed by atoms with Gasteiger partial charge in [-0.1, -0.05) is 6.07 Å². The summed E-state index contributed by atoms with van der Waals surface area (Å²) in [5.74, 6) is 1.03. The highest BCUT2D eigenvalue weighted by atomic mass is 32.1. The quantitative estimate of drug-likeness (QED) is 0.852. The molecule has 0 radical (unpaired) electrons. The smallest absolute Gasteiger partial charge is 0.282 e. The zero-order valence-corrected chi connectivity index (χ0v) is 13.1. The number of piperazine rings is 1. The third-order valence-electron chi connectivity index (χ3n) is 3.75. The molecule has 0 aliphatic carbocycles. The van der Waals surface area contributed by atoms with E-state index < -0.39 is 0 Å². The molecule has 0 unspecified atom stereocenters. The fourth-order valence-corrected chi connectivity index (χ4v) is 3.26. The number of nitrogens with zero attached hydrogens (tertiary/aromatic N) is 4. The minimum atomic E-state index is 0.0527. The minimum absolute atomic E-state index is 0.0527. The Bertz CT molecular complexity index is 613. The van der Waals surface area contributed by atoms with Crippen LogP contribution < -0.4 is 4.90 Å². The number of anilines is 1. The van der Waals surface area contributed by atoms with Crippen LogP contribution in [0.4, 0.5) is 5.82 Å². The van der Waals surface area contributed by atoms with Gasteiger partial charge in [0.1, 0.15) is 5.82 Å². The third-order valence-corrected chi connectivity index (χ3v) is 4.81. The van der Waals surface area contributed by atoms with Crippen molar-refractivity contribution < 1.29 is 4.79 Å². The van der Waals surface area contributed by atoms with Crippen molar-refractivity contribution in [2.75, 3.05) is 31.1 Å². The summed E-state index contributed by atoms with van der Waals surface area (Å²) in [4.78, 5) is 26.4. The van der Waals surface area contributed by atoms with Gasteiger partial charge in [-0.05, 0) is 26.0 Å². The van der Waals surface area contributed by atoms with Gasteiger partial charge in [-0.25, -0.2) is 9.97 Å². The lowest BCUT2D eigenvalue weighted by molar-refractivity contribution is 0.0746. The molecule has 0 N–H and O–H groups in total. The van der Waals surface area contributed by atoms with Crippen LogP contribution in [0.25, 0.3) is 0 Å². The van der Waals surface area contributed by atoms with Crippen LogP contribution in [-0.2, 0) is 0 Å². The van der Waals surface area contributed by atoms with Gasteiger partial charge in [-0.3, -0.25) is 4.79 Å². The maximum absolute atomic E-state index is 12.4. The molecule has 0 saturated carbocycles. The number of carbonyl (C=O) groups is 1. The van der Waals surface area contributed by atoms with Crippen molar-refractivity contribution in [1.82, 2.24) is 14.9 Å². The van der Waals surface area contributed by atoms with E-state index in [1.165, 1.54) is 11.3 Å². The van der Waals surface area contributed by atoms with Crippen molar-refractivity contribution in [2.24, 2.45) is 0 Å². The van der Waals surface area contributed by atoms with Gasteiger partial charge >= 0.3 is 0 Å². The first-order valence-electron chi connectivity index (χ1n) is 7.04. The molecule has 6 heteroatoms. The summed E-state index contributed by atoms with van der Waals surface area (Å²) in [6.07, 6.45) is 1.80. The summed E-state index contributed by atoms with van der Waals surface area (Å²) in [6, 6.07) is 5.91. The van der Waals surface area contributed by atoms with Gasteiger partial charge < -0.3 is 9.80 Å². The number of rotatable bonds is 2. The highest BCUT2D eigenvalue weighted by Gasteiger charge is 2.24. The number of hydrogen-bond donors (Lipinski definition) is 0. The molecule has 110 valence electrons. The van der Waals surface area contributed by atoms with Gasteiger partial charge in [0.05, 0.1) is 5.69 Å². The number of pyridine rings is 1. The topological polar surface area (TPSA) is 49.3 Å². The largest absolute Gasteiger partial charge is 0.353 e. The minimum Gasteiger partial charge on any atom is -0.353 e. The van der Waals surface area contributed by atoms with Crippen LogP contribution in [-0.4, -0.2) is 47.0 Å². The average molecular weight is 302 g/mol. The maximum Gasteiger partial charge on any atom is 0.282 e. The van der Waals surface area contributed by atoms with Crippen molar-refractivity contribution in [3.8, 4) is 0 Å². The molecule has 3 heterocycles. The highest BCUT2D eigenvalue weighted by Crippen LogP contribution is 2.19. The highest BCUT2D eigenvalue weighted by molar-refractivity contribution is 7.13. The summed E-state index contributed by atoms with van der Waals surface area (Å²) < 4.78 is 0. The molecule has 1 amide bonds. The Morgan fingerprint density at radius 3 is 2.52 bits per heavy atom.